The van der Waals surface area contributed by atoms with Crippen LogP contribution in [0.4, 0.5) is 0 Å². The van der Waals surface area contributed by atoms with E-state index in [0.29, 0.717) is 13.0 Å². The number of unbranched alkanes of at least 4 members (excludes halogenated alkanes) is 2. The van der Waals surface area contributed by atoms with Crippen LogP contribution in [0.5, 0.6) is 0 Å². The first kappa shape index (κ1) is 21.5. The van der Waals surface area contributed by atoms with E-state index in [0.717, 1.165) is 41.9 Å². The molecule has 28 heavy (non-hydrogen) atoms. The summed E-state index contributed by atoms with van der Waals surface area (Å²) in [6.45, 7) is 10.2. The van der Waals surface area contributed by atoms with Crippen LogP contribution in [-0.2, 0) is 11.2 Å². The number of hydrogen-bond acceptors (Lipinski definition) is 5. The molecule has 3 unspecified atom stereocenters. The number of ether oxygens (including phenoxy) is 1. The SMILES string of the molecule is [C-]#[N+][C@@H]1C[C@@H](O)C(c2ccc(C(O)CCCCC)s2)C1OCCc1cccs1. The van der Waals surface area contributed by atoms with Crippen LogP contribution in [0.3, 0.4) is 0 Å². The van der Waals surface area contributed by atoms with E-state index in [4.69, 9.17) is 11.3 Å². The maximum atomic E-state index is 10.6. The first-order chi connectivity index (χ1) is 13.6. The normalized spacial score (nSPS) is 25.6. The van der Waals surface area contributed by atoms with Crippen LogP contribution in [-0.4, -0.2) is 35.1 Å². The molecule has 5 atom stereocenters. The van der Waals surface area contributed by atoms with Crippen molar-refractivity contribution in [2.45, 2.75) is 75.7 Å². The molecule has 1 aliphatic carbocycles. The van der Waals surface area contributed by atoms with Gasteiger partial charge in [-0.25, -0.2) is 6.57 Å². The second-order valence-corrected chi connectivity index (χ2v) is 9.62. The van der Waals surface area contributed by atoms with Crippen molar-refractivity contribution in [3.05, 3.63) is 55.7 Å². The van der Waals surface area contributed by atoms with Gasteiger partial charge in [0.05, 0.1) is 31.2 Å². The lowest BCUT2D eigenvalue weighted by Gasteiger charge is -2.21. The molecular weight excluding hydrogens is 390 g/mol. The number of aliphatic hydroxyl groups excluding tert-OH is 2. The van der Waals surface area contributed by atoms with E-state index in [1.54, 1.807) is 22.7 Å². The van der Waals surface area contributed by atoms with Crippen molar-refractivity contribution < 1.29 is 14.9 Å². The summed E-state index contributed by atoms with van der Waals surface area (Å²) in [6.07, 6.45) is 4.02. The Labute approximate surface area is 175 Å². The van der Waals surface area contributed by atoms with Crippen LogP contribution in [0.2, 0.25) is 0 Å². The zero-order chi connectivity index (χ0) is 19.9. The Balaban J connectivity index is 1.66. The van der Waals surface area contributed by atoms with Crippen molar-refractivity contribution in [1.82, 2.24) is 0 Å². The minimum atomic E-state index is -0.574. The van der Waals surface area contributed by atoms with E-state index >= 15 is 0 Å². The molecule has 0 spiro atoms. The summed E-state index contributed by atoms with van der Waals surface area (Å²) in [5.41, 5.74) is 0. The summed E-state index contributed by atoms with van der Waals surface area (Å²) in [5.74, 6) is -0.191. The third kappa shape index (κ3) is 5.22. The first-order valence-corrected chi connectivity index (χ1v) is 11.8. The molecule has 4 nitrogen and oxygen atoms in total. The molecule has 0 aromatic carbocycles. The molecule has 0 aliphatic heterocycles. The predicted octanol–water partition coefficient (Wildman–Crippen LogP) is 5.19. The summed E-state index contributed by atoms with van der Waals surface area (Å²) in [7, 11) is 0. The fourth-order valence-electron chi connectivity index (χ4n) is 3.89. The minimum Gasteiger partial charge on any atom is -0.392 e. The molecule has 0 amide bonds. The van der Waals surface area contributed by atoms with Crippen molar-refractivity contribution in [3.63, 3.8) is 0 Å². The fourth-order valence-corrected chi connectivity index (χ4v) is 5.80. The van der Waals surface area contributed by atoms with Gasteiger partial charge in [-0.1, -0.05) is 32.3 Å². The molecule has 1 fully saturated rings. The van der Waals surface area contributed by atoms with Gasteiger partial charge in [-0.05, 0) is 30.0 Å². The summed E-state index contributed by atoms with van der Waals surface area (Å²) >= 11 is 3.27. The van der Waals surface area contributed by atoms with Crippen LogP contribution in [0.1, 0.15) is 65.7 Å². The standard InChI is InChI=1S/C22H29NO3S2/c1-3-4-5-8-17(24)19-9-10-20(28-19)21-18(25)14-16(23-2)22(21)26-12-11-15-7-6-13-27-15/h6-7,9-10,13,16-18,21-22,24-25H,3-5,8,11-12,14H2,1H3/t16-,17?,18-,21?,22?/m1/s1. The monoisotopic (exact) mass is 419 g/mol. The Morgan fingerprint density at radius 1 is 1.32 bits per heavy atom. The molecule has 1 aliphatic rings. The third-order valence-corrected chi connectivity index (χ3v) is 7.65. The highest BCUT2D eigenvalue weighted by Gasteiger charge is 2.49. The Morgan fingerprint density at radius 2 is 2.18 bits per heavy atom. The fraction of sp³-hybridized carbons (Fsp3) is 0.591. The quantitative estimate of drug-likeness (QED) is 0.412. The highest BCUT2D eigenvalue weighted by molar-refractivity contribution is 7.12. The largest absolute Gasteiger partial charge is 0.392 e. The van der Waals surface area contributed by atoms with Crippen LogP contribution in [0.25, 0.3) is 4.85 Å². The zero-order valence-corrected chi connectivity index (χ0v) is 17.9. The van der Waals surface area contributed by atoms with Crippen LogP contribution >= 0.6 is 22.7 Å². The maximum Gasteiger partial charge on any atom is 0.252 e. The molecule has 152 valence electrons. The molecular formula is C22H29NO3S2. The molecule has 0 radical (unpaired) electrons. The van der Waals surface area contributed by atoms with Gasteiger partial charge >= 0.3 is 0 Å². The molecule has 0 bridgehead atoms. The predicted molar refractivity (Wildman–Crippen MR) is 115 cm³/mol. The van der Waals surface area contributed by atoms with Gasteiger partial charge in [-0.15, -0.1) is 22.7 Å². The van der Waals surface area contributed by atoms with Gasteiger partial charge < -0.3 is 19.8 Å². The Hall–Kier alpha value is -1.23. The van der Waals surface area contributed by atoms with Crippen LogP contribution in [0, 0.1) is 6.57 Å². The van der Waals surface area contributed by atoms with E-state index in [2.05, 4.69) is 23.2 Å². The van der Waals surface area contributed by atoms with Crippen molar-refractivity contribution in [2.24, 2.45) is 0 Å². The molecule has 3 rings (SSSR count). The topological polar surface area (TPSA) is 54.0 Å². The van der Waals surface area contributed by atoms with Crippen LogP contribution in [0.15, 0.2) is 29.6 Å². The molecule has 2 aromatic rings. The smallest absolute Gasteiger partial charge is 0.252 e. The number of rotatable bonds is 10. The summed E-state index contributed by atoms with van der Waals surface area (Å²) in [6, 6.07) is 7.77. The van der Waals surface area contributed by atoms with Crippen molar-refractivity contribution in [3.8, 4) is 0 Å². The Morgan fingerprint density at radius 3 is 2.89 bits per heavy atom. The van der Waals surface area contributed by atoms with Crippen molar-refractivity contribution in [2.75, 3.05) is 6.61 Å². The van der Waals surface area contributed by atoms with Crippen LogP contribution < -0.4 is 0 Å². The number of nitrogens with zero attached hydrogens (tertiary/aromatic N) is 1. The number of hydrogen-bond donors (Lipinski definition) is 2. The second kappa shape index (κ2) is 10.5. The van der Waals surface area contributed by atoms with E-state index in [1.165, 1.54) is 4.88 Å². The van der Waals surface area contributed by atoms with E-state index in [9.17, 15) is 10.2 Å². The minimum absolute atomic E-state index is 0.191. The van der Waals surface area contributed by atoms with Gasteiger partial charge in [0, 0.05) is 21.1 Å². The molecule has 2 aromatic heterocycles. The average molecular weight is 420 g/mol. The molecule has 0 saturated heterocycles. The van der Waals surface area contributed by atoms with Gasteiger partial charge in [0.15, 0.2) is 0 Å². The van der Waals surface area contributed by atoms with Gasteiger partial charge in [0.25, 0.3) is 6.04 Å². The highest BCUT2D eigenvalue weighted by Crippen LogP contribution is 2.42. The lowest BCUT2D eigenvalue weighted by molar-refractivity contribution is 0.0308. The van der Waals surface area contributed by atoms with Crippen molar-refractivity contribution in [1.29, 1.82) is 0 Å². The molecule has 1 saturated carbocycles. The van der Waals surface area contributed by atoms with E-state index in [1.807, 2.05) is 18.2 Å². The summed E-state index contributed by atoms with van der Waals surface area (Å²) in [5, 5.41) is 23.1. The first-order valence-electron chi connectivity index (χ1n) is 10.1. The number of aliphatic hydroxyl groups is 2. The van der Waals surface area contributed by atoms with Gasteiger partial charge in [-0.3, -0.25) is 0 Å². The lowest BCUT2D eigenvalue weighted by atomic mass is 10.0. The molecule has 2 N–H and O–H groups in total. The van der Waals surface area contributed by atoms with Gasteiger partial charge in [-0.2, -0.15) is 0 Å². The van der Waals surface area contributed by atoms with Crippen molar-refractivity contribution >= 4 is 22.7 Å². The average Bonchev–Trinajstić information content (AvgIpc) is 3.42. The zero-order valence-electron chi connectivity index (χ0n) is 16.3. The highest BCUT2D eigenvalue weighted by atomic mass is 32.1. The van der Waals surface area contributed by atoms with Gasteiger partial charge in [0.2, 0.25) is 0 Å². The Kier molecular flexibility index (Phi) is 8.07. The molecule has 2 heterocycles. The van der Waals surface area contributed by atoms with E-state index in [-0.39, 0.29) is 18.1 Å². The second-order valence-electron chi connectivity index (χ2n) is 7.44. The number of thiophene rings is 2. The lowest BCUT2D eigenvalue weighted by Crippen LogP contribution is -2.28. The Bertz CT molecular complexity index is 752. The maximum absolute atomic E-state index is 10.6. The third-order valence-electron chi connectivity index (χ3n) is 5.42. The summed E-state index contributed by atoms with van der Waals surface area (Å²) < 4.78 is 6.14. The van der Waals surface area contributed by atoms with E-state index < -0.39 is 12.2 Å². The summed E-state index contributed by atoms with van der Waals surface area (Å²) in [4.78, 5) is 6.96. The molecule has 6 heteroatoms. The van der Waals surface area contributed by atoms with Gasteiger partial charge in [0.1, 0.15) is 6.10 Å².